The lowest BCUT2D eigenvalue weighted by molar-refractivity contribution is -0.143. The fraction of sp³-hybridized carbons (Fsp3) is 0.833. The first-order valence-corrected chi connectivity index (χ1v) is 6.05. The van der Waals surface area contributed by atoms with Crippen LogP contribution in [0.2, 0.25) is 0 Å². The Bertz CT molecular complexity index is 327. The van der Waals surface area contributed by atoms with Crippen molar-refractivity contribution in [3.05, 3.63) is 0 Å². The van der Waals surface area contributed by atoms with Gasteiger partial charge in [0.2, 0.25) is 0 Å². The molecule has 1 fully saturated rings. The maximum Gasteiger partial charge on any atom is 0.407 e. The van der Waals surface area contributed by atoms with Crippen molar-refractivity contribution in [1.29, 1.82) is 0 Å². The van der Waals surface area contributed by atoms with Crippen LogP contribution in [0.4, 0.5) is 9.18 Å². The number of hydrogen-bond donors (Lipinski definition) is 2. The molecule has 3 unspecified atom stereocenters. The minimum Gasteiger partial charge on any atom is -0.481 e. The Morgan fingerprint density at radius 3 is 2.39 bits per heavy atom. The largest absolute Gasteiger partial charge is 0.481 e. The summed E-state index contributed by atoms with van der Waals surface area (Å²) in [6, 6.07) is -0.657. The standard InChI is InChI=1S/C12H20FNO4/c1-12(2,3)18-11(17)14-9-5-4-7(10(15)16)6-8(9)13/h7-9H,4-6H2,1-3H3,(H,14,17)(H,15,16). The van der Waals surface area contributed by atoms with Crippen LogP contribution in [0.3, 0.4) is 0 Å². The average Bonchev–Trinajstić information content (AvgIpc) is 2.17. The van der Waals surface area contributed by atoms with E-state index < -0.39 is 35.8 Å². The van der Waals surface area contributed by atoms with Crippen molar-refractivity contribution >= 4 is 12.1 Å². The van der Waals surface area contributed by atoms with Crippen LogP contribution in [0.1, 0.15) is 40.0 Å². The maximum atomic E-state index is 13.7. The number of amides is 1. The molecular weight excluding hydrogens is 241 g/mol. The smallest absolute Gasteiger partial charge is 0.407 e. The summed E-state index contributed by atoms with van der Waals surface area (Å²) in [6.07, 6.45) is -1.38. The fourth-order valence-corrected chi connectivity index (χ4v) is 1.96. The van der Waals surface area contributed by atoms with Gasteiger partial charge in [-0.25, -0.2) is 9.18 Å². The van der Waals surface area contributed by atoms with Gasteiger partial charge in [-0.3, -0.25) is 4.79 Å². The molecule has 5 nitrogen and oxygen atoms in total. The normalized spacial score (nSPS) is 28.6. The summed E-state index contributed by atoms with van der Waals surface area (Å²) in [6.45, 7) is 5.17. The minimum atomic E-state index is -1.34. The van der Waals surface area contributed by atoms with Crippen LogP contribution in [-0.2, 0) is 9.53 Å². The summed E-state index contributed by atoms with van der Waals surface area (Å²) in [5.41, 5.74) is -0.631. The van der Waals surface area contributed by atoms with E-state index in [0.29, 0.717) is 12.8 Å². The number of alkyl carbamates (subject to hydrolysis) is 1. The Kier molecular flexibility index (Phi) is 4.53. The highest BCUT2D eigenvalue weighted by atomic mass is 19.1. The van der Waals surface area contributed by atoms with Crippen LogP contribution in [0, 0.1) is 5.92 Å². The van der Waals surface area contributed by atoms with Gasteiger partial charge in [0.25, 0.3) is 0 Å². The highest BCUT2D eigenvalue weighted by molar-refractivity contribution is 5.70. The molecule has 0 saturated heterocycles. The predicted octanol–water partition coefficient (Wildman–Crippen LogP) is 2.10. The number of rotatable bonds is 2. The Morgan fingerprint density at radius 2 is 1.94 bits per heavy atom. The van der Waals surface area contributed by atoms with Crippen molar-refractivity contribution in [3.63, 3.8) is 0 Å². The number of nitrogens with one attached hydrogen (secondary N) is 1. The molecule has 3 atom stereocenters. The molecule has 1 rings (SSSR count). The molecule has 0 heterocycles. The van der Waals surface area contributed by atoms with Gasteiger partial charge in [-0.2, -0.15) is 0 Å². The first-order chi connectivity index (χ1) is 8.19. The monoisotopic (exact) mass is 261 g/mol. The number of halogens is 1. The molecule has 0 aromatic rings. The number of carboxylic acids is 1. The van der Waals surface area contributed by atoms with Crippen LogP contribution in [-0.4, -0.2) is 35.0 Å². The van der Waals surface area contributed by atoms with E-state index in [1.807, 2.05) is 0 Å². The summed E-state index contributed by atoms with van der Waals surface area (Å²) < 4.78 is 18.7. The van der Waals surface area contributed by atoms with Gasteiger partial charge in [0.15, 0.2) is 0 Å². The average molecular weight is 261 g/mol. The van der Waals surface area contributed by atoms with Gasteiger partial charge < -0.3 is 15.2 Å². The van der Waals surface area contributed by atoms with Gasteiger partial charge >= 0.3 is 12.1 Å². The molecule has 104 valence electrons. The van der Waals surface area contributed by atoms with Gasteiger partial charge in [-0.15, -0.1) is 0 Å². The summed E-state index contributed by atoms with van der Waals surface area (Å²) in [5.74, 6) is -1.63. The van der Waals surface area contributed by atoms with Crippen molar-refractivity contribution in [2.24, 2.45) is 5.92 Å². The summed E-state index contributed by atoms with van der Waals surface area (Å²) in [4.78, 5) is 22.2. The Balaban J connectivity index is 2.45. The number of alkyl halides is 1. The minimum absolute atomic E-state index is 0.0597. The molecule has 1 amide bonds. The van der Waals surface area contributed by atoms with E-state index in [9.17, 15) is 14.0 Å². The third kappa shape index (κ3) is 4.50. The Morgan fingerprint density at radius 1 is 1.33 bits per heavy atom. The molecule has 0 bridgehead atoms. The van der Waals surface area contributed by atoms with Gasteiger partial charge in [0.1, 0.15) is 11.8 Å². The zero-order valence-corrected chi connectivity index (χ0v) is 10.9. The number of aliphatic carboxylic acids is 1. The van der Waals surface area contributed by atoms with E-state index in [2.05, 4.69) is 5.32 Å². The van der Waals surface area contributed by atoms with Crippen molar-refractivity contribution in [1.82, 2.24) is 5.32 Å². The first-order valence-electron chi connectivity index (χ1n) is 6.05. The highest BCUT2D eigenvalue weighted by Crippen LogP contribution is 2.27. The van der Waals surface area contributed by atoms with Crippen LogP contribution in [0.15, 0.2) is 0 Å². The van der Waals surface area contributed by atoms with E-state index in [1.54, 1.807) is 20.8 Å². The van der Waals surface area contributed by atoms with Gasteiger partial charge in [-0.1, -0.05) is 0 Å². The third-order valence-corrected chi connectivity index (χ3v) is 2.82. The maximum absolute atomic E-state index is 13.7. The van der Waals surface area contributed by atoms with Gasteiger partial charge in [0.05, 0.1) is 12.0 Å². The lowest BCUT2D eigenvalue weighted by atomic mass is 9.85. The van der Waals surface area contributed by atoms with E-state index in [-0.39, 0.29) is 6.42 Å². The fourth-order valence-electron chi connectivity index (χ4n) is 1.96. The molecule has 0 spiro atoms. The summed E-state index contributed by atoms with van der Waals surface area (Å²) in [5, 5.41) is 11.3. The lowest BCUT2D eigenvalue weighted by Gasteiger charge is -2.31. The zero-order chi connectivity index (χ0) is 13.9. The zero-order valence-electron chi connectivity index (χ0n) is 10.9. The first kappa shape index (κ1) is 14.7. The van der Waals surface area contributed by atoms with Gasteiger partial charge in [0, 0.05) is 0 Å². The van der Waals surface area contributed by atoms with Crippen molar-refractivity contribution in [2.75, 3.05) is 0 Å². The molecule has 0 aromatic heterocycles. The summed E-state index contributed by atoms with van der Waals surface area (Å²) in [7, 11) is 0. The molecule has 0 aliphatic heterocycles. The molecule has 2 N–H and O–H groups in total. The van der Waals surface area contributed by atoms with E-state index in [4.69, 9.17) is 9.84 Å². The number of carboxylic acid groups (broad SMARTS) is 1. The molecule has 0 radical (unpaired) electrons. The molecule has 1 saturated carbocycles. The quantitative estimate of drug-likeness (QED) is 0.798. The lowest BCUT2D eigenvalue weighted by Crippen LogP contribution is -2.47. The number of carbonyl (C=O) groups excluding carboxylic acids is 1. The number of carbonyl (C=O) groups is 2. The topological polar surface area (TPSA) is 75.6 Å². The second kappa shape index (κ2) is 5.54. The van der Waals surface area contributed by atoms with Crippen LogP contribution in [0.5, 0.6) is 0 Å². The van der Waals surface area contributed by atoms with Crippen molar-refractivity contribution < 1.29 is 23.8 Å². The van der Waals surface area contributed by atoms with Crippen molar-refractivity contribution in [2.45, 2.75) is 57.8 Å². The van der Waals surface area contributed by atoms with Crippen molar-refractivity contribution in [3.8, 4) is 0 Å². The number of ether oxygens (including phenoxy) is 1. The van der Waals surface area contributed by atoms with E-state index >= 15 is 0 Å². The second-order valence-electron chi connectivity index (χ2n) is 5.62. The van der Waals surface area contributed by atoms with Gasteiger partial charge in [-0.05, 0) is 40.0 Å². The van der Waals surface area contributed by atoms with Crippen LogP contribution in [0.25, 0.3) is 0 Å². The Hall–Kier alpha value is -1.33. The SMILES string of the molecule is CC(C)(C)OC(=O)NC1CCC(C(=O)O)CC1F. The van der Waals surface area contributed by atoms with Crippen LogP contribution < -0.4 is 5.32 Å². The second-order valence-corrected chi connectivity index (χ2v) is 5.62. The molecule has 6 heteroatoms. The predicted molar refractivity (Wildman–Crippen MR) is 63.0 cm³/mol. The molecule has 1 aliphatic carbocycles. The van der Waals surface area contributed by atoms with E-state index in [1.165, 1.54) is 0 Å². The third-order valence-electron chi connectivity index (χ3n) is 2.82. The van der Waals surface area contributed by atoms with E-state index in [0.717, 1.165) is 0 Å². The highest BCUT2D eigenvalue weighted by Gasteiger charge is 2.35. The molecular formula is C12H20FNO4. The number of hydrogen-bond acceptors (Lipinski definition) is 3. The molecule has 0 aromatic carbocycles. The molecule has 1 aliphatic rings. The summed E-state index contributed by atoms with van der Waals surface area (Å²) >= 11 is 0. The van der Waals surface area contributed by atoms with Crippen LogP contribution >= 0.6 is 0 Å². The molecule has 18 heavy (non-hydrogen) atoms. The Labute approximate surface area is 106 Å².